The van der Waals surface area contributed by atoms with Crippen LogP contribution in [-0.2, 0) is 9.53 Å². The lowest BCUT2D eigenvalue weighted by Crippen LogP contribution is -2.43. The molecule has 0 unspecified atom stereocenters. The normalized spacial score (nSPS) is 14.6. The standard InChI is InChI=1S/C23H28N2O4/c24-13-4-16-28-21-11-14-25(15-12-21)22(26)17-29-20-9-7-19(8-10-20)23(27)18-5-2-1-3-6-18/h1-3,5-10,21H,4,11-17,24H2. The third kappa shape index (κ3) is 6.14. The average Bonchev–Trinajstić information content (AvgIpc) is 2.78. The highest BCUT2D eigenvalue weighted by Gasteiger charge is 2.23. The Morgan fingerprint density at radius 2 is 1.62 bits per heavy atom. The van der Waals surface area contributed by atoms with Crippen LogP contribution in [0.2, 0.25) is 0 Å². The van der Waals surface area contributed by atoms with E-state index in [1.165, 1.54) is 0 Å². The smallest absolute Gasteiger partial charge is 0.260 e. The van der Waals surface area contributed by atoms with Crippen molar-refractivity contribution in [1.82, 2.24) is 4.90 Å². The number of ether oxygens (including phenoxy) is 2. The quantitative estimate of drug-likeness (QED) is 0.521. The summed E-state index contributed by atoms with van der Waals surface area (Å²) in [7, 11) is 0. The Morgan fingerprint density at radius 1 is 0.966 bits per heavy atom. The van der Waals surface area contributed by atoms with Crippen molar-refractivity contribution in [3.05, 3.63) is 65.7 Å². The van der Waals surface area contributed by atoms with Crippen LogP contribution in [0.5, 0.6) is 5.75 Å². The second-order valence-electron chi connectivity index (χ2n) is 7.10. The van der Waals surface area contributed by atoms with Crippen LogP contribution in [0.15, 0.2) is 54.6 Å². The molecule has 0 spiro atoms. The number of carbonyl (C=O) groups is 2. The lowest BCUT2D eigenvalue weighted by atomic mass is 10.0. The highest BCUT2D eigenvalue weighted by molar-refractivity contribution is 6.08. The van der Waals surface area contributed by atoms with Gasteiger partial charge in [-0.3, -0.25) is 9.59 Å². The highest BCUT2D eigenvalue weighted by atomic mass is 16.5. The molecule has 1 aliphatic rings. The minimum Gasteiger partial charge on any atom is -0.484 e. The van der Waals surface area contributed by atoms with Gasteiger partial charge in [-0.15, -0.1) is 0 Å². The number of ketones is 1. The van der Waals surface area contributed by atoms with Crippen LogP contribution in [0, 0.1) is 0 Å². The fourth-order valence-electron chi connectivity index (χ4n) is 3.30. The zero-order valence-electron chi connectivity index (χ0n) is 16.6. The molecule has 1 saturated heterocycles. The summed E-state index contributed by atoms with van der Waals surface area (Å²) >= 11 is 0. The van der Waals surface area contributed by atoms with E-state index in [0.717, 1.165) is 19.3 Å². The van der Waals surface area contributed by atoms with Crippen molar-refractivity contribution in [3.63, 3.8) is 0 Å². The third-order valence-corrected chi connectivity index (χ3v) is 5.01. The molecule has 2 aromatic rings. The minimum absolute atomic E-state index is 0.00925. The van der Waals surface area contributed by atoms with E-state index in [-0.39, 0.29) is 24.4 Å². The molecule has 0 bridgehead atoms. The Kier molecular flexibility index (Phi) is 7.78. The van der Waals surface area contributed by atoms with E-state index in [1.54, 1.807) is 36.4 Å². The number of nitrogens with two attached hydrogens (primary N) is 1. The SMILES string of the molecule is NCCCOC1CCN(C(=O)COc2ccc(C(=O)c3ccccc3)cc2)CC1. The Morgan fingerprint density at radius 3 is 2.28 bits per heavy atom. The van der Waals surface area contributed by atoms with Gasteiger partial charge in [-0.2, -0.15) is 0 Å². The molecule has 1 fully saturated rings. The fraction of sp³-hybridized carbons (Fsp3) is 0.391. The first-order valence-corrected chi connectivity index (χ1v) is 10.1. The van der Waals surface area contributed by atoms with E-state index in [4.69, 9.17) is 15.2 Å². The maximum absolute atomic E-state index is 12.4. The molecule has 1 amide bonds. The summed E-state index contributed by atoms with van der Waals surface area (Å²) in [4.78, 5) is 26.6. The number of hydrogen-bond acceptors (Lipinski definition) is 5. The molecule has 2 N–H and O–H groups in total. The maximum atomic E-state index is 12.4. The van der Waals surface area contributed by atoms with Gasteiger partial charge >= 0.3 is 0 Å². The van der Waals surface area contributed by atoms with Crippen LogP contribution < -0.4 is 10.5 Å². The van der Waals surface area contributed by atoms with Crippen molar-refractivity contribution >= 4 is 11.7 Å². The van der Waals surface area contributed by atoms with E-state index < -0.39 is 0 Å². The van der Waals surface area contributed by atoms with Crippen molar-refractivity contribution in [2.24, 2.45) is 5.73 Å². The molecule has 0 aromatic heterocycles. The molecule has 2 aromatic carbocycles. The molecular weight excluding hydrogens is 368 g/mol. The number of nitrogens with zero attached hydrogens (tertiary/aromatic N) is 1. The lowest BCUT2D eigenvalue weighted by Gasteiger charge is -2.31. The Hall–Kier alpha value is -2.70. The summed E-state index contributed by atoms with van der Waals surface area (Å²) in [6.45, 7) is 2.67. The summed E-state index contributed by atoms with van der Waals surface area (Å²) in [5.74, 6) is 0.502. The van der Waals surface area contributed by atoms with Crippen LogP contribution in [0.3, 0.4) is 0 Å². The number of likely N-dealkylation sites (tertiary alicyclic amines) is 1. The Bertz CT molecular complexity index is 784. The van der Waals surface area contributed by atoms with Crippen molar-refractivity contribution in [2.45, 2.75) is 25.4 Å². The number of amides is 1. The predicted octanol–water partition coefficient (Wildman–Crippen LogP) is 2.65. The Balaban J connectivity index is 1.43. The summed E-state index contributed by atoms with van der Waals surface area (Å²) in [5, 5.41) is 0. The van der Waals surface area contributed by atoms with Crippen LogP contribution >= 0.6 is 0 Å². The number of rotatable bonds is 9. The summed E-state index contributed by atoms with van der Waals surface area (Å²) < 4.78 is 11.4. The van der Waals surface area contributed by atoms with Crippen LogP contribution in [-0.4, -0.2) is 55.5 Å². The molecule has 6 heteroatoms. The van der Waals surface area contributed by atoms with Gasteiger partial charge in [0.1, 0.15) is 5.75 Å². The van der Waals surface area contributed by atoms with Gasteiger partial charge in [-0.25, -0.2) is 0 Å². The van der Waals surface area contributed by atoms with Crippen LogP contribution in [0.25, 0.3) is 0 Å². The molecule has 0 atom stereocenters. The molecule has 3 rings (SSSR count). The molecular formula is C23H28N2O4. The van der Waals surface area contributed by atoms with E-state index in [0.29, 0.717) is 43.1 Å². The molecule has 154 valence electrons. The van der Waals surface area contributed by atoms with Crippen molar-refractivity contribution in [2.75, 3.05) is 32.8 Å². The second kappa shape index (κ2) is 10.7. The van der Waals surface area contributed by atoms with Crippen molar-refractivity contribution < 1.29 is 19.1 Å². The minimum atomic E-state index is -0.0372. The van der Waals surface area contributed by atoms with Gasteiger partial charge in [-0.05, 0) is 50.1 Å². The van der Waals surface area contributed by atoms with Gasteiger partial charge in [0.15, 0.2) is 12.4 Å². The van der Waals surface area contributed by atoms with Gasteiger partial charge in [-0.1, -0.05) is 30.3 Å². The van der Waals surface area contributed by atoms with E-state index in [9.17, 15) is 9.59 Å². The monoisotopic (exact) mass is 396 g/mol. The van der Waals surface area contributed by atoms with Gasteiger partial charge < -0.3 is 20.1 Å². The maximum Gasteiger partial charge on any atom is 0.260 e. The third-order valence-electron chi connectivity index (χ3n) is 5.01. The second-order valence-corrected chi connectivity index (χ2v) is 7.10. The average molecular weight is 396 g/mol. The van der Waals surface area contributed by atoms with Gasteiger partial charge in [0, 0.05) is 30.8 Å². The largest absolute Gasteiger partial charge is 0.484 e. The van der Waals surface area contributed by atoms with Crippen molar-refractivity contribution in [3.8, 4) is 5.75 Å². The fourth-order valence-corrected chi connectivity index (χ4v) is 3.30. The zero-order valence-corrected chi connectivity index (χ0v) is 16.6. The molecule has 0 aliphatic carbocycles. The van der Waals surface area contributed by atoms with Crippen LogP contribution in [0.1, 0.15) is 35.2 Å². The van der Waals surface area contributed by atoms with Gasteiger partial charge in [0.2, 0.25) is 0 Å². The first-order chi connectivity index (χ1) is 14.2. The highest BCUT2D eigenvalue weighted by Crippen LogP contribution is 2.17. The number of piperidine rings is 1. The van der Waals surface area contributed by atoms with Crippen molar-refractivity contribution in [1.29, 1.82) is 0 Å². The lowest BCUT2D eigenvalue weighted by molar-refractivity contribution is -0.136. The summed E-state index contributed by atoms with van der Waals surface area (Å²) in [5.41, 5.74) is 6.71. The van der Waals surface area contributed by atoms with Gasteiger partial charge in [0.25, 0.3) is 5.91 Å². The molecule has 1 heterocycles. The molecule has 1 aliphatic heterocycles. The van der Waals surface area contributed by atoms with E-state index >= 15 is 0 Å². The van der Waals surface area contributed by atoms with Gasteiger partial charge in [0.05, 0.1) is 6.10 Å². The number of benzene rings is 2. The Labute approximate surface area is 171 Å². The predicted molar refractivity (Wildman–Crippen MR) is 111 cm³/mol. The molecule has 29 heavy (non-hydrogen) atoms. The molecule has 0 radical (unpaired) electrons. The topological polar surface area (TPSA) is 81.9 Å². The number of carbonyl (C=O) groups excluding carboxylic acids is 2. The zero-order chi connectivity index (χ0) is 20.5. The van der Waals surface area contributed by atoms with E-state index in [2.05, 4.69) is 0 Å². The van der Waals surface area contributed by atoms with E-state index in [1.807, 2.05) is 23.1 Å². The molecule has 0 saturated carbocycles. The van der Waals surface area contributed by atoms with Crippen LogP contribution in [0.4, 0.5) is 0 Å². The summed E-state index contributed by atoms with van der Waals surface area (Å²) in [6.07, 6.45) is 2.75. The number of hydrogen-bond donors (Lipinski definition) is 1. The molecule has 6 nitrogen and oxygen atoms in total. The summed E-state index contributed by atoms with van der Waals surface area (Å²) in [6, 6.07) is 16.0. The first-order valence-electron chi connectivity index (χ1n) is 10.1. The first kappa shape index (κ1) is 21.0.